The molecule has 1 aromatic carbocycles. The maximum Gasteiger partial charge on any atom is 0.282 e. The van der Waals surface area contributed by atoms with Gasteiger partial charge in [0.15, 0.2) is 0 Å². The van der Waals surface area contributed by atoms with E-state index in [9.17, 15) is 4.79 Å². The Hall–Kier alpha value is -1.65. The van der Waals surface area contributed by atoms with Crippen LogP contribution in [0.2, 0.25) is 0 Å². The van der Waals surface area contributed by atoms with Gasteiger partial charge >= 0.3 is 0 Å². The molecule has 0 atom stereocenters. The lowest BCUT2D eigenvalue weighted by Crippen LogP contribution is -2.13. The first kappa shape index (κ1) is 14.0. The molecule has 0 bridgehead atoms. The second kappa shape index (κ2) is 4.93. The van der Waals surface area contributed by atoms with Gasteiger partial charge in [0.05, 0.1) is 11.9 Å². The van der Waals surface area contributed by atoms with Crippen LogP contribution in [0.25, 0.3) is 21.6 Å². The first-order valence-corrected chi connectivity index (χ1v) is 8.28. The Kier molecular flexibility index (Phi) is 3.13. The number of hydrogen-bond donors (Lipinski definition) is 0. The fourth-order valence-electron chi connectivity index (χ4n) is 3.67. The molecule has 0 N–H and O–H groups in total. The maximum atomic E-state index is 12.6. The molecule has 5 heteroatoms. The minimum absolute atomic E-state index is 0. The van der Waals surface area contributed by atoms with Crippen LogP contribution in [0.5, 0.6) is 0 Å². The number of aromatic nitrogens is 2. The van der Waals surface area contributed by atoms with Crippen molar-refractivity contribution >= 4 is 34.0 Å². The molecule has 2 aliphatic rings. The van der Waals surface area contributed by atoms with E-state index in [0.717, 1.165) is 41.0 Å². The summed E-state index contributed by atoms with van der Waals surface area (Å²) in [5.41, 5.74) is 3.63. The quantitative estimate of drug-likeness (QED) is 0.491. The van der Waals surface area contributed by atoms with Crippen molar-refractivity contribution in [2.24, 2.45) is 0 Å². The molecule has 2 aromatic heterocycles. The molecule has 5 rings (SSSR count). The molecular weight excluding hydrogens is 316 g/mol. The number of thiophene rings is 1. The highest BCUT2D eigenvalue weighted by molar-refractivity contribution is 7.18. The van der Waals surface area contributed by atoms with Gasteiger partial charge in [0.1, 0.15) is 10.7 Å². The Labute approximate surface area is 138 Å². The zero-order valence-corrected chi connectivity index (χ0v) is 13.6. The molecule has 0 saturated carbocycles. The van der Waals surface area contributed by atoms with Gasteiger partial charge in [0.2, 0.25) is 0 Å². The summed E-state index contributed by atoms with van der Waals surface area (Å²) in [6.45, 7) is 0.842. The normalized spacial score (nSPS) is 15.1. The van der Waals surface area contributed by atoms with E-state index in [1.807, 2.05) is 17.4 Å². The van der Waals surface area contributed by atoms with Gasteiger partial charge < -0.3 is 4.57 Å². The number of hydrogen-bond acceptors (Lipinski definition) is 3. The van der Waals surface area contributed by atoms with Crippen LogP contribution in [0.3, 0.4) is 0 Å². The average molecular weight is 331 g/mol. The molecule has 112 valence electrons. The first-order valence-electron chi connectivity index (χ1n) is 7.46. The van der Waals surface area contributed by atoms with Gasteiger partial charge in [-0.15, -0.1) is 23.7 Å². The Morgan fingerprint density at radius 3 is 2.86 bits per heavy atom. The SMILES string of the molecule is Cl.O=c1nc2n(c3sc4c(c13)CCCC4)Cc1ccccc1-2. The third-order valence-corrected chi connectivity index (χ3v) is 5.98. The van der Waals surface area contributed by atoms with Crippen LogP contribution in [0.15, 0.2) is 29.1 Å². The third kappa shape index (κ3) is 1.74. The van der Waals surface area contributed by atoms with Crippen LogP contribution >= 0.6 is 23.7 Å². The number of rotatable bonds is 0. The Morgan fingerprint density at radius 2 is 1.95 bits per heavy atom. The van der Waals surface area contributed by atoms with Gasteiger partial charge in [0.25, 0.3) is 5.56 Å². The van der Waals surface area contributed by atoms with Gasteiger partial charge in [0, 0.05) is 10.4 Å². The van der Waals surface area contributed by atoms with E-state index in [1.165, 1.54) is 28.8 Å². The van der Waals surface area contributed by atoms with Crippen molar-refractivity contribution in [3.8, 4) is 11.4 Å². The molecule has 0 amide bonds. The molecule has 0 fully saturated rings. The minimum atomic E-state index is -0.0349. The van der Waals surface area contributed by atoms with E-state index in [4.69, 9.17) is 0 Å². The van der Waals surface area contributed by atoms with Gasteiger partial charge in [-0.1, -0.05) is 24.3 Å². The molecule has 0 spiro atoms. The highest BCUT2D eigenvalue weighted by Gasteiger charge is 2.26. The third-order valence-electron chi connectivity index (χ3n) is 4.66. The van der Waals surface area contributed by atoms with Crippen LogP contribution in [0.1, 0.15) is 28.8 Å². The van der Waals surface area contributed by atoms with E-state index < -0.39 is 0 Å². The van der Waals surface area contributed by atoms with Crippen molar-refractivity contribution in [2.75, 3.05) is 0 Å². The number of nitrogens with zero attached hydrogens (tertiary/aromatic N) is 2. The number of aryl methyl sites for hydroxylation is 2. The second-order valence-corrected chi connectivity index (χ2v) is 6.96. The summed E-state index contributed by atoms with van der Waals surface area (Å²) < 4.78 is 2.24. The summed E-state index contributed by atoms with van der Waals surface area (Å²) in [5, 5.41) is 0.895. The number of benzene rings is 1. The lowest BCUT2D eigenvalue weighted by atomic mass is 9.97. The van der Waals surface area contributed by atoms with Crippen LogP contribution in [-0.2, 0) is 19.4 Å². The lowest BCUT2D eigenvalue weighted by Gasteiger charge is -2.09. The summed E-state index contributed by atoms with van der Waals surface area (Å²) >= 11 is 1.81. The largest absolute Gasteiger partial charge is 0.312 e. The van der Waals surface area contributed by atoms with Crippen LogP contribution in [-0.4, -0.2) is 9.55 Å². The first-order chi connectivity index (χ1) is 10.3. The Balaban J connectivity index is 0.00000125. The fourth-order valence-corrected chi connectivity index (χ4v) is 5.05. The summed E-state index contributed by atoms with van der Waals surface area (Å²) in [5.74, 6) is 0.849. The average Bonchev–Trinajstić information content (AvgIpc) is 3.06. The molecule has 1 aliphatic carbocycles. The predicted octanol–water partition coefficient (Wildman–Crippen LogP) is 3.79. The molecule has 0 saturated heterocycles. The lowest BCUT2D eigenvalue weighted by molar-refractivity contribution is 0.700. The molecule has 0 unspecified atom stereocenters. The summed E-state index contributed by atoms with van der Waals surface area (Å²) in [6, 6.07) is 8.28. The molecule has 22 heavy (non-hydrogen) atoms. The van der Waals surface area contributed by atoms with E-state index in [-0.39, 0.29) is 18.0 Å². The predicted molar refractivity (Wildman–Crippen MR) is 92.3 cm³/mol. The van der Waals surface area contributed by atoms with Gasteiger partial charge in [-0.25, -0.2) is 0 Å². The van der Waals surface area contributed by atoms with Gasteiger partial charge in [-0.05, 0) is 36.8 Å². The molecule has 3 heterocycles. The van der Waals surface area contributed by atoms with E-state index in [2.05, 4.69) is 27.8 Å². The topological polar surface area (TPSA) is 34.9 Å². The van der Waals surface area contributed by atoms with Crippen molar-refractivity contribution in [2.45, 2.75) is 32.2 Å². The van der Waals surface area contributed by atoms with Crippen LogP contribution < -0.4 is 5.56 Å². The molecule has 3 aromatic rings. The standard InChI is InChI=1S/C17H14N2OS.ClH/c20-16-14-12-7-3-4-8-13(12)21-17(14)19-9-10-5-1-2-6-11(10)15(19)18-16;/h1-2,5-6H,3-4,7-9H2;1H. The summed E-state index contributed by atoms with van der Waals surface area (Å²) in [7, 11) is 0. The van der Waals surface area contributed by atoms with Gasteiger partial charge in [-0.2, -0.15) is 4.98 Å². The van der Waals surface area contributed by atoms with Crippen LogP contribution in [0.4, 0.5) is 0 Å². The summed E-state index contributed by atoms with van der Waals surface area (Å²) in [6.07, 6.45) is 4.60. The van der Waals surface area contributed by atoms with E-state index in [0.29, 0.717) is 0 Å². The van der Waals surface area contributed by atoms with Crippen molar-refractivity contribution in [1.29, 1.82) is 0 Å². The minimum Gasteiger partial charge on any atom is -0.312 e. The molecule has 1 aliphatic heterocycles. The highest BCUT2D eigenvalue weighted by Crippen LogP contribution is 2.39. The Bertz CT molecular complexity index is 957. The fraction of sp³-hybridized carbons (Fsp3) is 0.294. The van der Waals surface area contributed by atoms with Crippen molar-refractivity contribution < 1.29 is 0 Å². The highest BCUT2D eigenvalue weighted by atomic mass is 35.5. The van der Waals surface area contributed by atoms with Crippen molar-refractivity contribution in [1.82, 2.24) is 9.55 Å². The monoisotopic (exact) mass is 330 g/mol. The zero-order chi connectivity index (χ0) is 14.0. The van der Waals surface area contributed by atoms with E-state index in [1.54, 1.807) is 0 Å². The number of fused-ring (bicyclic) bond motifs is 7. The van der Waals surface area contributed by atoms with Crippen LogP contribution in [0, 0.1) is 0 Å². The zero-order valence-electron chi connectivity index (χ0n) is 12.0. The van der Waals surface area contributed by atoms with E-state index >= 15 is 0 Å². The number of halogens is 1. The van der Waals surface area contributed by atoms with Crippen molar-refractivity contribution in [3.05, 3.63) is 50.6 Å². The molecule has 3 nitrogen and oxygen atoms in total. The maximum absolute atomic E-state index is 12.6. The smallest absolute Gasteiger partial charge is 0.282 e. The summed E-state index contributed by atoms with van der Waals surface area (Å²) in [4.78, 5) is 19.5. The molecular formula is C17H15ClN2OS. The second-order valence-electron chi connectivity index (χ2n) is 5.87. The molecule has 0 radical (unpaired) electrons. The Morgan fingerprint density at radius 1 is 1.14 bits per heavy atom. The van der Waals surface area contributed by atoms with Gasteiger partial charge in [-0.3, -0.25) is 4.79 Å². The van der Waals surface area contributed by atoms with Crippen molar-refractivity contribution in [3.63, 3.8) is 0 Å².